The van der Waals surface area contributed by atoms with Gasteiger partial charge in [0.2, 0.25) is 23.6 Å². The standard InChI is InChI=1S/C19H31N7O6S/c1-9(2)15(26-16(28)11(20)7-33)18(30)24-12(3-4-14(21)27)17(29)25-13(19(31)32)5-10-6-22-8-23-10/h6,8-9,11-13,15,33H,3-5,7,20H2,1-2H3,(H2,21,27)(H,22,23)(H,24,30)(H,25,29)(H,26,28)(H,31,32). The number of nitrogens with two attached hydrogens (primary N) is 2. The number of aliphatic carboxylic acids is 1. The average molecular weight is 486 g/mol. The minimum Gasteiger partial charge on any atom is -0.480 e. The van der Waals surface area contributed by atoms with Crippen molar-refractivity contribution in [2.24, 2.45) is 17.4 Å². The summed E-state index contributed by atoms with van der Waals surface area (Å²) in [6.07, 6.45) is 2.30. The third kappa shape index (κ3) is 9.49. The molecular weight excluding hydrogens is 454 g/mol. The lowest BCUT2D eigenvalue weighted by atomic mass is 10.0. The Morgan fingerprint density at radius 1 is 1.09 bits per heavy atom. The van der Waals surface area contributed by atoms with Gasteiger partial charge in [-0.05, 0) is 12.3 Å². The van der Waals surface area contributed by atoms with Crippen molar-refractivity contribution in [1.29, 1.82) is 0 Å². The van der Waals surface area contributed by atoms with Crippen LogP contribution in [0.4, 0.5) is 0 Å². The van der Waals surface area contributed by atoms with Crippen LogP contribution in [0, 0.1) is 5.92 Å². The van der Waals surface area contributed by atoms with Gasteiger partial charge in [-0.1, -0.05) is 13.8 Å². The normalized spacial score (nSPS) is 14.6. The number of carbonyl (C=O) groups excluding carboxylic acids is 4. The van der Waals surface area contributed by atoms with Crippen molar-refractivity contribution >= 4 is 42.2 Å². The first-order valence-corrected chi connectivity index (χ1v) is 10.8. The van der Waals surface area contributed by atoms with Gasteiger partial charge in [0.1, 0.15) is 18.1 Å². The van der Waals surface area contributed by atoms with Gasteiger partial charge in [0.25, 0.3) is 0 Å². The number of imidazole rings is 1. The fourth-order valence-corrected chi connectivity index (χ4v) is 2.95. The van der Waals surface area contributed by atoms with Crippen LogP contribution in [0.2, 0.25) is 0 Å². The minimum absolute atomic E-state index is 0.0643. The molecule has 0 saturated carbocycles. The number of thiol groups is 1. The molecule has 4 amide bonds. The number of aromatic amines is 1. The van der Waals surface area contributed by atoms with Crippen LogP contribution in [-0.4, -0.2) is 74.6 Å². The summed E-state index contributed by atoms with van der Waals surface area (Å²) in [5.41, 5.74) is 11.3. The highest BCUT2D eigenvalue weighted by molar-refractivity contribution is 7.80. The van der Waals surface area contributed by atoms with Crippen molar-refractivity contribution in [3.63, 3.8) is 0 Å². The zero-order chi connectivity index (χ0) is 25.1. The Hall–Kier alpha value is -3.13. The van der Waals surface area contributed by atoms with Crippen LogP contribution in [-0.2, 0) is 30.4 Å². The lowest BCUT2D eigenvalue weighted by Gasteiger charge is -2.26. The van der Waals surface area contributed by atoms with E-state index in [4.69, 9.17) is 11.5 Å². The lowest BCUT2D eigenvalue weighted by molar-refractivity contribution is -0.142. The summed E-state index contributed by atoms with van der Waals surface area (Å²) >= 11 is 3.95. The molecule has 0 aliphatic carbocycles. The van der Waals surface area contributed by atoms with Gasteiger partial charge >= 0.3 is 5.97 Å². The Labute approximate surface area is 196 Å². The molecule has 4 unspecified atom stereocenters. The molecule has 0 aliphatic heterocycles. The number of carboxylic acid groups (broad SMARTS) is 1. The van der Waals surface area contributed by atoms with Crippen molar-refractivity contribution in [2.45, 2.75) is 57.3 Å². The largest absolute Gasteiger partial charge is 0.480 e. The van der Waals surface area contributed by atoms with E-state index in [1.165, 1.54) is 12.5 Å². The summed E-state index contributed by atoms with van der Waals surface area (Å²) in [6, 6.07) is -4.56. The first-order valence-electron chi connectivity index (χ1n) is 10.2. The molecular formula is C19H31N7O6S. The number of rotatable bonds is 14. The van der Waals surface area contributed by atoms with E-state index in [0.29, 0.717) is 5.69 Å². The summed E-state index contributed by atoms with van der Waals surface area (Å²) in [7, 11) is 0. The maximum absolute atomic E-state index is 12.9. The number of carbonyl (C=O) groups is 5. The molecule has 0 bridgehead atoms. The summed E-state index contributed by atoms with van der Waals surface area (Å²) in [6.45, 7) is 3.36. The highest BCUT2D eigenvalue weighted by Crippen LogP contribution is 2.07. The Morgan fingerprint density at radius 2 is 1.73 bits per heavy atom. The van der Waals surface area contributed by atoms with Crippen LogP contribution >= 0.6 is 12.6 Å². The van der Waals surface area contributed by atoms with Crippen LogP contribution in [0.5, 0.6) is 0 Å². The molecule has 1 rings (SSSR count). The molecule has 1 aromatic rings. The molecule has 9 N–H and O–H groups in total. The summed E-state index contributed by atoms with van der Waals surface area (Å²) in [5.74, 6) is -4.43. The van der Waals surface area contributed by atoms with Gasteiger partial charge in [-0.15, -0.1) is 0 Å². The molecule has 1 aromatic heterocycles. The SMILES string of the molecule is CC(C)C(NC(=O)C(N)CS)C(=O)NC(CCC(N)=O)C(=O)NC(Cc1cnc[nH]1)C(=O)O. The average Bonchev–Trinajstić information content (AvgIpc) is 3.25. The van der Waals surface area contributed by atoms with Gasteiger partial charge < -0.3 is 37.5 Å². The van der Waals surface area contributed by atoms with Crippen LogP contribution in [0.25, 0.3) is 0 Å². The first-order chi connectivity index (χ1) is 15.5. The fourth-order valence-electron chi connectivity index (χ4n) is 2.78. The minimum atomic E-state index is -1.32. The van der Waals surface area contributed by atoms with Gasteiger partial charge in [-0.3, -0.25) is 19.2 Å². The number of aromatic nitrogens is 2. The molecule has 0 saturated heterocycles. The van der Waals surface area contributed by atoms with E-state index in [2.05, 4.69) is 38.5 Å². The number of primary amides is 1. The van der Waals surface area contributed by atoms with Gasteiger partial charge in [0.15, 0.2) is 0 Å². The molecule has 0 fully saturated rings. The number of nitrogens with one attached hydrogen (secondary N) is 4. The number of amides is 4. The molecule has 184 valence electrons. The molecule has 1 heterocycles. The zero-order valence-corrected chi connectivity index (χ0v) is 19.3. The Balaban J connectivity index is 2.97. The number of hydrogen-bond acceptors (Lipinski definition) is 8. The first kappa shape index (κ1) is 27.9. The zero-order valence-electron chi connectivity index (χ0n) is 18.4. The van der Waals surface area contributed by atoms with E-state index in [0.717, 1.165) is 0 Å². The van der Waals surface area contributed by atoms with Gasteiger partial charge in [-0.25, -0.2) is 9.78 Å². The van der Waals surface area contributed by atoms with Crippen LogP contribution in [0.3, 0.4) is 0 Å². The Morgan fingerprint density at radius 3 is 2.21 bits per heavy atom. The Bertz CT molecular complexity index is 833. The van der Waals surface area contributed by atoms with E-state index >= 15 is 0 Å². The second kappa shape index (κ2) is 13.4. The number of carboxylic acids is 1. The van der Waals surface area contributed by atoms with Crippen molar-refractivity contribution in [3.8, 4) is 0 Å². The summed E-state index contributed by atoms with van der Waals surface area (Å²) in [5, 5.41) is 16.8. The van der Waals surface area contributed by atoms with Crippen LogP contribution < -0.4 is 27.4 Å². The molecule has 14 heteroatoms. The van der Waals surface area contributed by atoms with E-state index in [9.17, 15) is 29.1 Å². The summed E-state index contributed by atoms with van der Waals surface area (Å²) < 4.78 is 0. The molecule has 4 atom stereocenters. The summed E-state index contributed by atoms with van der Waals surface area (Å²) in [4.78, 5) is 67.2. The van der Waals surface area contributed by atoms with E-state index < -0.39 is 53.8 Å². The van der Waals surface area contributed by atoms with Crippen molar-refractivity contribution < 1.29 is 29.1 Å². The number of hydrogen-bond donors (Lipinski definition) is 8. The molecule has 0 spiro atoms. The van der Waals surface area contributed by atoms with Crippen molar-refractivity contribution in [1.82, 2.24) is 25.9 Å². The third-order valence-electron chi connectivity index (χ3n) is 4.69. The smallest absolute Gasteiger partial charge is 0.326 e. The van der Waals surface area contributed by atoms with E-state index in [1.54, 1.807) is 13.8 Å². The third-order valence-corrected chi connectivity index (χ3v) is 5.08. The molecule has 0 aliphatic rings. The van der Waals surface area contributed by atoms with Crippen molar-refractivity contribution in [3.05, 3.63) is 18.2 Å². The molecule has 0 aromatic carbocycles. The maximum atomic E-state index is 12.9. The highest BCUT2D eigenvalue weighted by atomic mass is 32.1. The van der Waals surface area contributed by atoms with Gasteiger partial charge in [0.05, 0.1) is 12.4 Å². The monoisotopic (exact) mass is 485 g/mol. The van der Waals surface area contributed by atoms with Crippen LogP contribution in [0.1, 0.15) is 32.4 Å². The van der Waals surface area contributed by atoms with E-state index in [1.807, 2.05) is 0 Å². The van der Waals surface area contributed by atoms with Gasteiger partial charge in [-0.2, -0.15) is 12.6 Å². The predicted molar refractivity (Wildman–Crippen MR) is 121 cm³/mol. The molecule has 0 radical (unpaired) electrons. The number of H-pyrrole nitrogens is 1. The number of nitrogens with zero attached hydrogens (tertiary/aromatic N) is 1. The fraction of sp³-hybridized carbons (Fsp3) is 0.579. The van der Waals surface area contributed by atoms with Gasteiger partial charge in [0, 0.05) is 30.5 Å². The quantitative estimate of drug-likeness (QED) is 0.133. The lowest BCUT2D eigenvalue weighted by Crippen LogP contribution is -2.58. The predicted octanol–water partition coefficient (Wildman–Crippen LogP) is -2.33. The highest BCUT2D eigenvalue weighted by Gasteiger charge is 2.31. The Kier molecular flexibility index (Phi) is 11.4. The van der Waals surface area contributed by atoms with E-state index in [-0.39, 0.29) is 30.9 Å². The molecule has 33 heavy (non-hydrogen) atoms. The van der Waals surface area contributed by atoms with Crippen LogP contribution in [0.15, 0.2) is 12.5 Å². The second-order valence-corrected chi connectivity index (χ2v) is 8.13. The second-order valence-electron chi connectivity index (χ2n) is 7.77. The molecule has 13 nitrogen and oxygen atoms in total. The van der Waals surface area contributed by atoms with Crippen molar-refractivity contribution in [2.75, 3.05) is 5.75 Å². The maximum Gasteiger partial charge on any atom is 0.326 e. The topological polar surface area (TPSA) is 222 Å².